The van der Waals surface area contributed by atoms with E-state index in [0.29, 0.717) is 5.78 Å². The van der Waals surface area contributed by atoms with Gasteiger partial charge in [0.05, 0.1) is 0 Å². The van der Waals surface area contributed by atoms with Gasteiger partial charge < -0.3 is 0 Å². The Labute approximate surface area is 93.3 Å². The molecule has 0 saturated heterocycles. The van der Waals surface area contributed by atoms with Crippen LogP contribution in [0.15, 0.2) is 23.8 Å². The average Bonchev–Trinajstić information content (AvgIpc) is 2.25. The van der Waals surface area contributed by atoms with Gasteiger partial charge in [0.25, 0.3) is 0 Å². The van der Waals surface area contributed by atoms with Gasteiger partial charge in [0.1, 0.15) is 5.78 Å². The first kappa shape index (κ1) is 12.2. The lowest BCUT2D eigenvalue weighted by atomic mass is 9.96. The molecule has 0 saturated carbocycles. The zero-order valence-electron chi connectivity index (χ0n) is 9.96. The summed E-state index contributed by atoms with van der Waals surface area (Å²) in [6.45, 7) is 3.73. The van der Waals surface area contributed by atoms with Gasteiger partial charge in [-0.25, -0.2) is 0 Å². The zero-order valence-corrected chi connectivity index (χ0v) is 9.96. The van der Waals surface area contributed by atoms with Crippen molar-refractivity contribution in [2.75, 3.05) is 0 Å². The van der Waals surface area contributed by atoms with E-state index in [0.717, 1.165) is 6.42 Å². The van der Waals surface area contributed by atoms with Gasteiger partial charge >= 0.3 is 0 Å². The van der Waals surface area contributed by atoms with Gasteiger partial charge in [-0.15, -0.1) is 0 Å². The smallest absolute Gasteiger partial charge is 0.132 e. The van der Waals surface area contributed by atoms with Crippen molar-refractivity contribution in [3.63, 3.8) is 0 Å². The fraction of sp³-hybridized carbons (Fsp3) is 0.643. The van der Waals surface area contributed by atoms with Gasteiger partial charge in [-0.05, 0) is 39.0 Å². The highest BCUT2D eigenvalue weighted by Crippen LogP contribution is 2.19. The number of allylic oxidation sites excluding steroid dienone is 4. The Kier molecular flexibility index (Phi) is 5.38. The summed E-state index contributed by atoms with van der Waals surface area (Å²) in [7, 11) is 0. The molecule has 1 nitrogen and oxygen atoms in total. The van der Waals surface area contributed by atoms with Crippen LogP contribution in [0.1, 0.15) is 52.4 Å². The molecule has 1 heteroatoms. The number of rotatable bonds is 6. The molecule has 0 bridgehead atoms. The van der Waals surface area contributed by atoms with Crippen molar-refractivity contribution in [3.05, 3.63) is 23.8 Å². The van der Waals surface area contributed by atoms with Gasteiger partial charge in [0.2, 0.25) is 0 Å². The largest absolute Gasteiger partial charge is 0.300 e. The van der Waals surface area contributed by atoms with Crippen LogP contribution in [0.3, 0.4) is 0 Å². The molecule has 15 heavy (non-hydrogen) atoms. The minimum absolute atomic E-state index is 0.255. The number of hydrogen-bond acceptors (Lipinski definition) is 1. The lowest BCUT2D eigenvalue weighted by molar-refractivity contribution is -0.120. The maximum absolute atomic E-state index is 11.0. The van der Waals surface area contributed by atoms with Crippen molar-refractivity contribution in [2.24, 2.45) is 5.92 Å². The third-order valence-corrected chi connectivity index (χ3v) is 3.18. The summed E-state index contributed by atoms with van der Waals surface area (Å²) in [5.74, 6) is 0.583. The predicted octanol–water partition coefficient (Wildman–Crippen LogP) is 4.05. The molecule has 0 amide bonds. The van der Waals surface area contributed by atoms with E-state index in [1.807, 2.05) is 6.92 Å². The second-order valence-electron chi connectivity index (χ2n) is 4.55. The van der Waals surface area contributed by atoms with E-state index in [1.165, 1.54) is 32.1 Å². The third-order valence-electron chi connectivity index (χ3n) is 3.18. The van der Waals surface area contributed by atoms with E-state index in [4.69, 9.17) is 0 Å². The fourth-order valence-electron chi connectivity index (χ4n) is 1.87. The van der Waals surface area contributed by atoms with Crippen molar-refractivity contribution >= 4 is 5.78 Å². The minimum atomic E-state index is 0.255. The first-order chi connectivity index (χ1) is 7.20. The Morgan fingerprint density at radius 3 is 2.87 bits per heavy atom. The fourth-order valence-corrected chi connectivity index (χ4v) is 1.87. The van der Waals surface area contributed by atoms with Gasteiger partial charge in [0.15, 0.2) is 0 Å². The normalized spacial score (nSPS) is 17.3. The summed E-state index contributed by atoms with van der Waals surface area (Å²) in [4.78, 5) is 11.0. The average molecular weight is 206 g/mol. The van der Waals surface area contributed by atoms with Crippen LogP contribution in [-0.2, 0) is 4.79 Å². The summed E-state index contributed by atoms with van der Waals surface area (Å²) >= 11 is 0. The molecule has 0 radical (unpaired) electrons. The first-order valence-corrected chi connectivity index (χ1v) is 6.05. The first-order valence-electron chi connectivity index (χ1n) is 6.05. The van der Waals surface area contributed by atoms with E-state index in [-0.39, 0.29) is 5.92 Å². The zero-order chi connectivity index (χ0) is 11.1. The summed E-state index contributed by atoms with van der Waals surface area (Å²) in [5.41, 5.74) is 1.58. The minimum Gasteiger partial charge on any atom is -0.300 e. The number of carbonyl (C=O) groups is 1. The standard InChI is InChI=1S/C14H22O/c1-12(13(2)15)8-6-7-11-14-9-4-3-5-10-14/h3-4,9,12H,5-8,10-11H2,1-2H3/t12-/m1/s1. The predicted molar refractivity (Wildman–Crippen MR) is 64.8 cm³/mol. The molecule has 0 heterocycles. The highest BCUT2D eigenvalue weighted by molar-refractivity contribution is 5.77. The van der Waals surface area contributed by atoms with Crippen molar-refractivity contribution in [1.82, 2.24) is 0 Å². The molecule has 1 aliphatic carbocycles. The van der Waals surface area contributed by atoms with Crippen molar-refractivity contribution in [1.29, 1.82) is 0 Å². The molecule has 0 aromatic rings. The highest BCUT2D eigenvalue weighted by Gasteiger charge is 2.07. The second-order valence-corrected chi connectivity index (χ2v) is 4.55. The quantitative estimate of drug-likeness (QED) is 0.599. The Morgan fingerprint density at radius 2 is 2.27 bits per heavy atom. The molecule has 0 fully saturated rings. The molecular weight excluding hydrogens is 184 g/mol. The lowest BCUT2D eigenvalue weighted by Gasteiger charge is -2.10. The van der Waals surface area contributed by atoms with E-state index >= 15 is 0 Å². The van der Waals surface area contributed by atoms with E-state index in [9.17, 15) is 4.79 Å². The molecule has 1 rings (SSSR count). The van der Waals surface area contributed by atoms with Crippen LogP contribution in [0.2, 0.25) is 0 Å². The molecule has 0 aromatic heterocycles. The SMILES string of the molecule is CC(=O)[C@H](C)CCCCC1=CC=CCC1. The summed E-state index contributed by atoms with van der Waals surface area (Å²) in [6, 6.07) is 0. The topological polar surface area (TPSA) is 17.1 Å². The molecule has 1 atom stereocenters. The Hall–Kier alpha value is -0.850. The molecule has 0 aromatic carbocycles. The van der Waals surface area contributed by atoms with Gasteiger partial charge in [0, 0.05) is 5.92 Å². The summed E-state index contributed by atoms with van der Waals surface area (Å²) in [5, 5.41) is 0. The lowest BCUT2D eigenvalue weighted by Crippen LogP contribution is -2.05. The number of hydrogen-bond donors (Lipinski definition) is 0. The molecular formula is C14H22O. The number of unbranched alkanes of at least 4 members (excludes halogenated alkanes) is 1. The van der Waals surface area contributed by atoms with Crippen molar-refractivity contribution in [2.45, 2.75) is 52.4 Å². The monoisotopic (exact) mass is 206 g/mol. The second kappa shape index (κ2) is 6.60. The Balaban J connectivity index is 2.09. The van der Waals surface area contributed by atoms with Crippen LogP contribution >= 0.6 is 0 Å². The van der Waals surface area contributed by atoms with Crippen LogP contribution in [0.4, 0.5) is 0 Å². The number of ketones is 1. The highest BCUT2D eigenvalue weighted by atomic mass is 16.1. The van der Waals surface area contributed by atoms with E-state index in [2.05, 4.69) is 18.2 Å². The maximum Gasteiger partial charge on any atom is 0.132 e. The van der Waals surface area contributed by atoms with Gasteiger partial charge in [-0.3, -0.25) is 4.79 Å². The summed E-state index contributed by atoms with van der Waals surface area (Å²) < 4.78 is 0. The number of Topliss-reactive ketones (excluding diaryl/α,β-unsaturated/α-hetero) is 1. The van der Waals surface area contributed by atoms with Crippen LogP contribution in [0.25, 0.3) is 0 Å². The van der Waals surface area contributed by atoms with Gasteiger partial charge in [-0.1, -0.05) is 37.1 Å². The molecule has 1 aliphatic rings. The van der Waals surface area contributed by atoms with Crippen molar-refractivity contribution < 1.29 is 4.79 Å². The molecule has 0 unspecified atom stereocenters. The maximum atomic E-state index is 11.0. The Bertz CT molecular complexity index is 261. The summed E-state index contributed by atoms with van der Waals surface area (Å²) in [6.07, 6.45) is 13.8. The van der Waals surface area contributed by atoms with Crippen LogP contribution in [-0.4, -0.2) is 5.78 Å². The van der Waals surface area contributed by atoms with Crippen LogP contribution < -0.4 is 0 Å². The Morgan fingerprint density at radius 1 is 1.47 bits per heavy atom. The molecule has 0 spiro atoms. The third kappa shape index (κ3) is 4.96. The number of carbonyl (C=O) groups excluding carboxylic acids is 1. The van der Waals surface area contributed by atoms with Crippen LogP contribution in [0.5, 0.6) is 0 Å². The molecule has 0 N–H and O–H groups in total. The van der Waals surface area contributed by atoms with Gasteiger partial charge in [-0.2, -0.15) is 0 Å². The molecule has 84 valence electrons. The van der Waals surface area contributed by atoms with Crippen molar-refractivity contribution in [3.8, 4) is 0 Å². The van der Waals surface area contributed by atoms with E-state index < -0.39 is 0 Å². The van der Waals surface area contributed by atoms with E-state index in [1.54, 1.807) is 12.5 Å². The molecule has 0 aliphatic heterocycles. The van der Waals surface area contributed by atoms with Crippen LogP contribution in [0, 0.1) is 5.92 Å².